The van der Waals surface area contributed by atoms with Gasteiger partial charge in [-0.25, -0.2) is 0 Å². The molecule has 3 heteroatoms. The molecule has 0 heterocycles. The predicted octanol–water partition coefficient (Wildman–Crippen LogP) is 4.67. The fourth-order valence-corrected chi connectivity index (χ4v) is 3.31. The lowest BCUT2D eigenvalue weighted by Crippen LogP contribution is -2.06. The monoisotopic (exact) mass is 281 g/mol. The Kier molecular flexibility index (Phi) is 3.36. The first-order valence-electron chi connectivity index (χ1n) is 6.47. The van der Waals surface area contributed by atoms with Gasteiger partial charge in [0, 0.05) is 11.8 Å². The summed E-state index contributed by atoms with van der Waals surface area (Å²) in [4.78, 5) is 12.4. The van der Waals surface area contributed by atoms with E-state index in [-0.39, 0.29) is 5.91 Å². The Morgan fingerprint density at radius 3 is 2.45 bits per heavy atom. The Balaban J connectivity index is 2.34. The number of nitrogens with one attached hydrogen (secondary N) is 1. The third-order valence-electron chi connectivity index (χ3n) is 3.39. The number of hydrogen-bond acceptors (Lipinski definition) is 2. The first-order valence-corrected chi connectivity index (χ1v) is 7.69. The summed E-state index contributed by atoms with van der Waals surface area (Å²) in [5, 5.41) is 7.79. The second kappa shape index (κ2) is 5.17. The van der Waals surface area contributed by atoms with Crippen LogP contribution in [-0.4, -0.2) is 12.2 Å². The zero-order valence-corrected chi connectivity index (χ0v) is 12.3. The van der Waals surface area contributed by atoms with E-state index in [0.29, 0.717) is 0 Å². The molecule has 3 rings (SSSR count). The van der Waals surface area contributed by atoms with E-state index in [2.05, 4.69) is 47.8 Å². The summed E-state index contributed by atoms with van der Waals surface area (Å²) >= 11 is 1.66. The normalized spacial score (nSPS) is 10.9. The summed E-state index contributed by atoms with van der Waals surface area (Å²) in [6.45, 7) is 1.54. The standard InChI is InChI=1S/C17H15NOS/c1-11(19)18-16-10-9-14-13-6-4-3-5-12(13)7-8-15(14)17(16)20-2/h3-10H,1-2H3,(H,18,19). The maximum atomic E-state index is 11.3. The molecule has 100 valence electrons. The fourth-order valence-electron chi connectivity index (χ4n) is 2.57. The maximum Gasteiger partial charge on any atom is 0.221 e. The van der Waals surface area contributed by atoms with Crippen molar-refractivity contribution in [3.8, 4) is 0 Å². The molecule has 2 nitrogen and oxygen atoms in total. The summed E-state index contributed by atoms with van der Waals surface area (Å²) in [6, 6.07) is 16.7. The molecule has 3 aromatic carbocycles. The lowest BCUT2D eigenvalue weighted by Gasteiger charge is -2.13. The van der Waals surface area contributed by atoms with Crippen LogP contribution in [0.25, 0.3) is 21.5 Å². The molecule has 0 aliphatic heterocycles. The van der Waals surface area contributed by atoms with E-state index in [0.717, 1.165) is 10.6 Å². The quantitative estimate of drug-likeness (QED) is 0.546. The molecule has 1 amide bonds. The minimum absolute atomic E-state index is 0.0413. The Labute approximate surface area is 122 Å². The third-order valence-corrected chi connectivity index (χ3v) is 4.24. The second-order valence-corrected chi connectivity index (χ2v) is 5.53. The lowest BCUT2D eigenvalue weighted by molar-refractivity contribution is -0.114. The fraction of sp³-hybridized carbons (Fsp3) is 0.118. The van der Waals surface area contributed by atoms with Crippen molar-refractivity contribution >= 4 is 44.9 Å². The average molecular weight is 281 g/mol. The van der Waals surface area contributed by atoms with Gasteiger partial charge in [0.2, 0.25) is 5.91 Å². The molecule has 0 aliphatic carbocycles. The lowest BCUT2D eigenvalue weighted by atomic mass is 10.0. The van der Waals surface area contributed by atoms with Crippen molar-refractivity contribution in [3.05, 3.63) is 48.5 Å². The molecular weight excluding hydrogens is 266 g/mol. The maximum absolute atomic E-state index is 11.3. The van der Waals surface area contributed by atoms with Crippen LogP contribution in [0.5, 0.6) is 0 Å². The number of anilines is 1. The van der Waals surface area contributed by atoms with E-state index in [1.54, 1.807) is 11.8 Å². The van der Waals surface area contributed by atoms with Crippen molar-refractivity contribution in [2.75, 3.05) is 11.6 Å². The van der Waals surface area contributed by atoms with Crippen molar-refractivity contribution in [1.82, 2.24) is 0 Å². The van der Waals surface area contributed by atoms with Gasteiger partial charge in [-0.15, -0.1) is 11.8 Å². The third kappa shape index (κ3) is 2.14. The zero-order chi connectivity index (χ0) is 14.1. The Morgan fingerprint density at radius 2 is 1.70 bits per heavy atom. The highest BCUT2D eigenvalue weighted by atomic mass is 32.2. The van der Waals surface area contributed by atoms with Crippen LogP contribution in [0.3, 0.4) is 0 Å². The molecule has 0 bridgehead atoms. The van der Waals surface area contributed by atoms with E-state index < -0.39 is 0 Å². The van der Waals surface area contributed by atoms with Gasteiger partial charge in [0.15, 0.2) is 0 Å². The highest BCUT2D eigenvalue weighted by Gasteiger charge is 2.09. The number of benzene rings is 3. The van der Waals surface area contributed by atoms with Crippen molar-refractivity contribution in [3.63, 3.8) is 0 Å². The molecule has 0 aliphatic rings. The molecule has 0 saturated heterocycles. The number of fused-ring (bicyclic) bond motifs is 3. The topological polar surface area (TPSA) is 29.1 Å². The smallest absolute Gasteiger partial charge is 0.221 e. The molecule has 0 saturated carbocycles. The minimum atomic E-state index is -0.0413. The highest BCUT2D eigenvalue weighted by Crippen LogP contribution is 2.36. The van der Waals surface area contributed by atoms with Crippen LogP contribution < -0.4 is 5.32 Å². The Bertz CT molecular complexity index is 811. The number of hydrogen-bond donors (Lipinski definition) is 1. The predicted molar refractivity (Wildman–Crippen MR) is 87.5 cm³/mol. The Hall–Kier alpha value is -2.00. The molecule has 0 fully saturated rings. The van der Waals surface area contributed by atoms with Crippen LogP contribution in [0.4, 0.5) is 5.69 Å². The number of thioether (sulfide) groups is 1. The van der Waals surface area contributed by atoms with Gasteiger partial charge in [0.05, 0.1) is 5.69 Å². The molecule has 20 heavy (non-hydrogen) atoms. The molecule has 0 aromatic heterocycles. The van der Waals surface area contributed by atoms with Crippen molar-refractivity contribution in [1.29, 1.82) is 0 Å². The Morgan fingerprint density at radius 1 is 0.950 bits per heavy atom. The molecule has 0 atom stereocenters. The largest absolute Gasteiger partial charge is 0.325 e. The van der Waals surface area contributed by atoms with Crippen molar-refractivity contribution in [2.45, 2.75) is 11.8 Å². The number of carbonyl (C=O) groups is 1. The summed E-state index contributed by atoms with van der Waals surface area (Å²) in [5.41, 5.74) is 0.882. The van der Waals surface area contributed by atoms with E-state index in [9.17, 15) is 4.79 Å². The van der Waals surface area contributed by atoms with Crippen LogP contribution in [-0.2, 0) is 4.79 Å². The number of amides is 1. The van der Waals surface area contributed by atoms with E-state index in [4.69, 9.17) is 0 Å². The summed E-state index contributed by atoms with van der Waals surface area (Å²) in [5.74, 6) is -0.0413. The van der Waals surface area contributed by atoms with Gasteiger partial charge >= 0.3 is 0 Å². The molecule has 3 aromatic rings. The van der Waals surface area contributed by atoms with Gasteiger partial charge in [-0.3, -0.25) is 4.79 Å². The first kappa shape index (κ1) is 13.0. The second-order valence-electron chi connectivity index (χ2n) is 4.71. The van der Waals surface area contributed by atoms with Crippen LogP contribution >= 0.6 is 11.8 Å². The molecule has 0 spiro atoms. The van der Waals surface area contributed by atoms with Gasteiger partial charge < -0.3 is 5.32 Å². The number of carbonyl (C=O) groups excluding carboxylic acids is 1. The van der Waals surface area contributed by atoms with E-state index in [1.165, 1.54) is 28.5 Å². The summed E-state index contributed by atoms with van der Waals surface area (Å²) in [6.07, 6.45) is 2.04. The van der Waals surface area contributed by atoms with Gasteiger partial charge in [-0.05, 0) is 33.9 Å². The van der Waals surface area contributed by atoms with Crippen LogP contribution in [0.2, 0.25) is 0 Å². The van der Waals surface area contributed by atoms with Crippen molar-refractivity contribution < 1.29 is 4.79 Å². The van der Waals surface area contributed by atoms with Crippen molar-refractivity contribution in [2.24, 2.45) is 0 Å². The van der Waals surface area contributed by atoms with Gasteiger partial charge in [0.25, 0.3) is 0 Å². The van der Waals surface area contributed by atoms with Gasteiger partial charge in [-0.1, -0.05) is 42.5 Å². The van der Waals surface area contributed by atoms with Crippen LogP contribution in [0.15, 0.2) is 53.4 Å². The van der Waals surface area contributed by atoms with Gasteiger partial charge in [-0.2, -0.15) is 0 Å². The minimum Gasteiger partial charge on any atom is -0.325 e. The molecule has 0 radical (unpaired) electrons. The highest BCUT2D eigenvalue weighted by molar-refractivity contribution is 7.99. The van der Waals surface area contributed by atoms with E-state index >= 15 is 0 Å². The van der Waals surface area contributed by atoms with Crippen LogP contribution in [0.1, 0.15) is 6.92 Å². The molecule has 0 unspecified atom stereocenters. The first-order chi connectivity index (χ1) is 9.70. The van der Waals surface area contributed by atoms with E-state index in [1.807, 2.05) is 12.3 Å². The zero-order valence-electron chi connectivity index (χ0n) is 11.4. The SMILES string of the molecule is CSc1c(NC(C)=O)ccc2c1ccc1ccccc12. The number of rotatable bonds is 2. The van der Waals surface area contributed by atoms with Gasteiger partial charge in [0.1, 0.15) is 0 Å². The average Bonchev–Trinajstić information content (AvgIpc) is 2.46. The molecular formula is C17H15NOS. The summed E-state index contributed by atoms with van der Waals surface area (Å²) in [7, 11) is 0. The summed E-state index contributed by atoms with van der Waals surface area (Å²) < 4.78 is 0. The van der Waals surface area contributed by atoms with Crippen LogP contribution in [0, 0.1) is 0 Å². The molecule has 1 N–H and O–H groups in total.